The molecular weight excluding hydrogens is 240 g/mol. The summed E-state index contributed by atoms with van der Waals surface area (Å²) in [6.07, 6.45) is 11.3. The first kappa shape index (κ1) is 16.1. The summed E-state index contributed by atoms with van der Waals surface area (Å²) in [5.41, 5.74) is 2.08. The predicted octanol–water partition coefficient (Wildman–Crippen LogP) is 6.47. The summed E-state index contributed by atoms with van der Waals surface area (Å²) in [6.45, 7) is 14.5. The molecule has 0 spiro atoms. The maximum atomic E-state index is 2.65. The molecule has 116 valence electrons. The summed E-state index contributed by atoms with van der Waals surface area (Å²) in [4.78, 5) is 0. The van der Waals surface area contributed by atoms with Gasteiger partial charge in [0, 0.05) is 0 Å². The fourth-order valence-corrected chi connectivity index (χ4v) is 3.95. The van der Waals surface area contributed by atoms with Crippen molar-refractivity contribution in [3.63, 3.8) is 0 Å². The monoisotopic (exact) mass is 276 g/mol. The van der Waals surface area contributed by atoms with E-state index in [1.54, 1.807) is 5.57 Å². The normalized spacial score (nSPS) is 36.2. The van der Waals surface area contributed by atoms with Crippen molar-refractivity contribution in [2.24, 2.45) is 35.0 Å². The highest BCUT2D eigenvalue weighted by atomic mass is 14.4. The topological polar surface area (TPSA) is 0 Å². The van der Waals surface area contributed by atoms with Crippen molar-refractivity contribution in [2.45, 2.75) is 80.1 Å². The minimum atomic E-state index is 0.418. The van der Waals surface area contributed by atoms with Crippen LogP contribution in [0.5, 0.6) is 0 Å². The van der Waals surface area contributed by atoms with Crippen molar-refractivity contribution in [2.75, 3.05) is 0 Å². The van der Waals surface area contributed by atoms with E-state index in [2.05, 4.69) is 47.6 Å². The van der Waals surface area contributed by atoms with Crippen LogP contribution in [0.1, 0.15) is 80.1 Å². The molecule has 0 aromatic heterocycles. The van der Waals surface area contributed by atoms with E-state index in [0.29, 0.717) is 5.41 Å². The molecule has 0 bridgehead atoms. The zero-order valence-electron chi connectivity index (χ0n) is 14.7. The molecule has 0 aromatic rings. The maximum absolute atomic E-state index is 2.65. The third kappa shape index (κ3) is 3.89. The van der Waals surface area contributed by atoms with Crippen LogP contribution in [-0.4, -0.2) is 0 Å². The van der Waals surface area contributed by atoms with Crippen LogP contribution in [0.2, 0.25) is 0 Å². The molecule has 0 N–H and O–H groups in total. The van der Waals surface area contributed by atoms with Gasteiger partial charge in [0.2, 0.25) is 0 Å². The van der Waals surface area contributed by atoms with Gasteiger partial charge in [0.15, 0.2) is 0 Å². The lowest BCUT2D eigenvalue weighted by Crippen LogP contribution is -2.30. The SMILES string of the molecule is CC(=CC(CC1CCC1C)C(C)(C)C)CC1CCC1C. The van der Waals surface area contributed by atoms with Gasteiger partial charge in [-0.15, -0.1) is 0 Å². The van der Waals surface area contributed by atoms with Gasteiger partial charge >= 0.3 is 0 Å². The number of rotatable bonds is 5. The summed E-state index contributed by atoms with van der Waals surface area (Å²) >= 11 is 0. The molecule has 2 aliphatic rings. The second kappa shape index (κ2) is 6.24. The van der Waals surface area contributed by atoms with E-state index < -0.39 is 0 Å². The van der Waals surface area contributed by atoms with E-state index in [-0.39, 0.29) is 0 Å². The van der Waals surface area contributed by atoms with Crippen LogP contribution >= 0.6 is 0 Å². The lowest BCUT2D eigenvalue weighted by molar-refractivity contribution is 0.130. The zero-order valence-corrected chi connectivity index (χ0v) is 14.7. The molecule has 0 saturated heterocycles. The molecule has 2 rings (SSSR count). The molecule has 5 unspecified atom stereocenters. The van der Waals surface area contributed by atoms with E-state index in [0.717, 1.165) is 29.6 Å². The van der Waals surface area contributed by atoms with E-state index in [4.69, 9.17) is 0 Å². The van der Waals surface area contributed by atoms with Crippen molar-refractivity contribution in [1.82, 2.24) is 0 Å². The van der Waals surface area contributed by atoms with Crippen molar-refractivity contribution >= 4 is 0 Å². The lowest BCUT2D eigenvalue weighted by Gasteiger charge is -2.40. The van der Waals surface area contributed by atoms with Crippen LogP contribution in [0.4, 0.5) is 0 Å². The highest BCUT2D eigenvalue weighted by Gasteiger charge is 2.33. The first-order valence-corrected chi connectivity index (χ1v) is 8.94. The van der Waals surface area contributed by atoms with E-state index in [1.807, 2.05) is 0 Å². The highest BCUT2D eigenvalue weighted by Crippen LogP contribution is 2.44. The number of hydrogen-bond donors (Lipinski definition) is 0. The largest absolute Gasteiger partial charge is 0.0819 e. The van der Waals surface area contributed by atoms with Gasteiger partial charge in [-0.1, -0.05) is 59.1 Å². The zero-order chi connectivity index (χ0) is 14.9. The lowest BCUT2D eigenvalue weighted by atomic mass is 9.65. The first-order valence-electron chi connectivity index (χ1n) is 8.94. The Balaban J connectivity index is 1.95. The quantitative estimate of drug-likeness (QED) is 0.505. The Labute approximate surface area is 127 Å². The van der Waals surface area contributed by atoms with E-state index in [9.17, 15) is 0 Å². The van der Waals surface area contributed by atoms with Gasteiger partial charge in [-0.05, 0) is 67.6 Å². The summed E-state index contributed by atoms with van der Waals surface area (Å²) in [5, 5.41) is 0. The maximum Gasteiger partial charge on any atom is -0.0179 e. The van der Waals surface area contributed by atoms with Crippen LogP contribution in [0.25, 0.3) is 0 Å². The molecule has 0 heterocycles. The van der Waals surface area contributed by atoms with Gasteiger partial charge in [0.1, 0.15) is 0 Å². The van der Waals surface area contributed by atoms with Gasteiger partial charge in [-0.2, -0.15) is 0 Å². The molecule has 5 atom stereocenters. The molecule has 20 heavy (non-hydrogen) atoms. The highest BCUT2D eigenvalue weighted by molar-refractivity contribution is 5.07. The van der Waals surface area contributed by atoms with Crippen LogP contribution in [-0.2, 0) is 0 Å². The standard InChI is InChI=1S/C20H36/c1-14(11-17-9-7-15(17)2)12-19(20(4,5)6)13-18-10-8-16(18)3/h12,15-19H,7-11,13H2,1-6H3. The Hall–Kier alpha value is -0.260. The minimum absolute atomic E-state index is 0.418. The van der Waals surface area contributed by atoms with Crippen molar-refractivity contribution in [1.29, 1.82) is 0 Å². The summed E-state index contributed by atoms with van der Waals surface area (Å²) in [5.74, 6) is 4.68. The summed E-state index contributed by atoms with van der Waals surface area (Å²) in [6, 6.07) is 0. The molecule has 0 nitrogen and oxygen atoms in total. The Morgan fingerprint density at radius 3 is 1.90 bits per heavy atom. The molecule has 0 radical (unpaired) electrons. The fraction of sp³-hybridized carbons (Fsp3) is 0.900. The minimum Gasteiger partial charge on any atom is -0.0819 e. The van der Waals surface area contributed by atoms with E-state index in [1.165, 1.54) is 38.5 Å². The van der Waals surface area contributed by atoms with Gasteiger partial charge < -0.3 is 0 Å². The van der Waals surface area contributed by atoms with Crippen molar-refractivity contribution < 1.29 is 0 Å². The average Bonchev–Trinajstić information content (AvgIpc) is 2.35. The fourth-order valence-electron chi connectivity index (χ4n) is 3.95. The van der Waals surface area contributed by atoms with Crippen LogP contribution in [0.15, 0.2) is 11.6 Å². The van der Waals surface area contributed by atoms with Gasteiger partial charge in [0.25, 0.3) is 0 Å². The molecule has 0 aromatic carbocycles. The smallest absolute Gasteiger partial charge is 0.0179 e. The van der Waals surface area contributed by atoms with Gasteiger partial charge in [0.05, 0.1) is 0 Å². The van der Waals surface area contributed by atoms with Crippen LogP contribution in [0, 0.1) is 35.0 Å². The first-order chi connectivity index (χ1) is 9.27. The predicted molar refractivity (Wildman–Crippen MR) is 89.7 cm³/mol. The van der Waals surface area contributed by atoms with Crippen molar-refractivity contribution in [3.05, 3.63) is 11.6 Å². The number of hydrogen-bond acceptors (Lipinski definition) is 0. The molecule has 2 saturated carbocycles. The second-order valence-corrected chi connectivity index (χ2v) is 9.05. The van der Waals surface area contributed by atoms with Crippen LogP contribution < -0.4 is 0 Å². The molecule has 0 aliphatic heterocycles. The summed E-state index contributed by atoms with van der Waals surface area (Å²) < 4.78 is 0. The molecular formula is C20H36. The Bertz CT molecular complexity index is 344. The Morgan fingerprint density at radius 1 is 1.00 bits per heavy atom. The van der Waals surface area contributed by atoms with Crippen molar-refractivity contribution in [3.8, 4) is 0 Å². The van der Waals surface area contributed by atoms with Crippen LogP contribution in [0.3, 0.4) is 0 Å². The molecule has 0 amide bonds. The molecule has 2 aliphatic carbocycles. The Morgan fingerprint density at radius 2 is 1.55 bits per heavy atom. The third-order valence-corrected chi connectivity index (χ3v) is 6.33. The number of allylic oxidation sites excluding steroid dienone is 2. The second-order valence-electron chi connectivity index (χ2n) is 9.05. The average molecular weight is 277 g/mol. The van der Waals surface area contributed by atoms with Gasteiger partial charge in [-0.3, -0.25) is 0 Å². The van der Waals surface area contributed by atoms with E-state index >= 15 is 0 Å². The summed E-state index contributed by atoms with van der Waals surface area (Å²) in [7, 11) is 0. The Kier molecular flexibility index (Phi) is 5.03. The molecule has 2 fully saturated rings. The van der Waals surface area contributed by atoms with Gasteiger partial charge in [-0.25, -0.2) is 0 Å². The third-order valence-electron chi connectivity index (χ3n) is 6.33. The molecule has 0 heteroatoms.